The number of azo groups is 1. The first-order valence-electron chi connectivity index (χ1n) is 3.30. The van der Waals surface area contributed by atoms with E-state index in [1.54, 1.807) is 6.92 Å². The molecule has 0 spiro atoms. The van der Waals surface area contributed by atoms with Crippen molar-refractivity contribution in [1.82, 2.24) is 0 Å². The van der Waals surface area contributed by atoms with Crippen molar-refractivity contribution in [2.45, 2.75) is 13.0 Å². The highest BCUT2D eigenvalue weighted by Crippen LogP contribution is 2.12. The van der Waals surface area contributed by atoms with Crippen molar-refractivity contribution in [2.24, 2.45) is 20.2 Å². The third-order valence-electron chi connectivity index (χ3n) is 1.65. The largest absolute Gasteiger partial charge is 0.367 e. The molecule has 5 nitrogen and oxygen atoms in total. The van der Waals surface area contributed by atoms with Gasteiger partial charge in [0.05, 0.1) is 11.4 Å². The Balaban J connectivity index is 2.41. The number of carbonyl (C=O) groups excluding carboxylic acids is 1. The quantitative estimate of drug-likeness (QED) is 0.504. The molecule has 0 aliphatic carbocycles. The smallest absolute Gasteiger partial charge is 0.244 e. The number of rotatable bonds is 0. The van der Waals surface area contributed by atoms with E-state index in [9.17, 15) is 4.79 Å². The van der Waals surface area contributed by atoms with Crippen molar-refractivity contribution in [3.63, 3.8) is 0 Å². The first-order chi connectivity index (χ1) is 5.27. The van der Waals surface area contributed by atoms with Crippen LogP contribution in [-0.2, 0) is 0 Å². The average Bonchev–Trinajstić information content (AvgIpc) is 2.34. The van der Waals surface area contributed by atoms with Crippen LogP contribution in [0.15, 0.2) is 20.2 Å². The van der Waals surface area contributed by atoms with Crippen molar-refractivity contribution in [3.8, 4) is 0 Å². The Hall–Kier alpha value is -1.39. The van der Waals surface area contributed by atoms with Crippen LogP contribution in [-0.4, -0.2) is 30.0 Å². The Kier molecular flexibility index (Phi) is 1.18. The Bertz CT molecular complexity index is 302. The van der Waals surface area contributed by atoms with Crippen LogP contribution in [0.4, 0.5) is 4.79 Å². The molecule has 0 N–H and O–H groups in total. The van der Waals surface area contributed by atoms with Gasteiger partial charge in [0.1, 0.15) is 12.6 Å². The van der Waals surface area contributed by atoms with Crippen LogP contribution in [0, 0.1) is 0 Å². The second-order valence-corrected chi connectivity index (χ2v) is 2.46. The predicted molar refractivity (Wildman–Crippen MR) is 39.5 cm³/mol. The van der Waals surface area contributed by atoms with Crippen LogP contribution < -0.4 is 0 Å². The first kappa shape index (κ1) is 6.33. The zero-order chi connectivity index (χ0) is 7.84. The number of hydrogen-bond donors (Lipinski definition) is 0. The van der Waals surface area contributed by atoms with E-state index in [0.717, 1.165) is 5.71 Å². The van der Waals surface area contributed by atoms with E-state index in [0.29, 0.717) is 12.3 Å². The molecule has 2 amide bonds. The molecule has 2 rings (SSSR count). The summed E-state index contributed by atoms with van der Waals surface area (Å²) in [6, 6.07) is -0.575. The van der Waals surface area contributed by atoms with Gasteiger partial charge in [-0.3, -0.25) is 0 Å². The third-order valence-corrected chi connectivity index (χ3v) is 1.65. The summed E-state index contributed by atoms with van der Waals surface area (Å²) in [6.07, 6.45) is 0. The summed E-state index contributed by atoms with van der Waals surface area (Å²) in [6.45, 7) is 2.21. The van der Waals surface area contributed by atoms with Gasteiger partial charge in [0.15, 0.2) is 0 Å². The number of nitrogens with zero attached hydrogens (tertiary/aromatic N) is 4. The highest BCUT2D eigenvalue weighted by Gasteiger charge is 2.27. The lowest BCUT2D eigenvalue weighted by Gasteiger charge is -2.09. The fourth-order valence-corrected chi connectivity index (χ4v) is 1.13. The normalized spacial score (nSPS) is 28.1. The summed E-state index contributed by atoms with van der Waals surface area (Å²) >= 11 is 0. The Morgan fingerprint density at radius 1 is 1.45 bits per heavy atom. The highest BCUT2D eigenvalue weighted by molar-refractivity contribution is 6.20. The number of fused-ring (bicyclic) bond motifs is 1. The standard InChI is InChI=1S/C6H6N4O/c1-3-5-4(2-7-10-5)9-6(11)8-3/h5H,2H2,1H3. The summed E-state index contributed by atoms with van der Waals surface area (Å²) in [4.78, 5) is 18.1. The van der Waals surface area contributed by atoms with Crippen LogP contribution in [0.3, 0.4) is 0 Å². The molecule has 1 unspecified atom stereocenters. The lowest BCUT2D eigenvalue weighted by atomic mass is 10.1. The van der Waals surface area contributed by atoms with Crippen molar-refractivity contribution < 1.29 is 4.79 Å². The molecule has 0 fully saturated rings. The Labute approximate surface area is 63.0 Å². The maximum Gasteiger partial charge on any atom is 0.367 e. The van der Waals surface area contributed by atoms with Gasteiger partial charge in [-0.1, -0.05) is 0 Å². The van der Waals surface area contributed by atoms with Gasteiger partial charge in [0, 0.05) is 0 Å². The Morgan fingerprint density at radius 2 is 2.27 bits per heavy atom. The molecule has 0 aromatic rings. The summed E-state index contributed by atoms with van der Waals surface area (Å²) in [5, 5.41) is 7.66. The molecule has 1 atom stereocenters. The first-order valence-corrected chi connectivity index (χ1v) is 3.30. The highest BCUT2D eigenvalue weighted by atomic mass is 16.2. The molecule has 0 bridgehead atoms. The number of amides is 2. The van der Waals surface area contributed by atoms with Crippen LogP contribution in [0.2, 0.25) is 0 Å². The van der Waals surface area contributed by atoms with Crippen LogP contribution in [0.1, 0.15) is 6.92 Å². The lowest BCUT2D eigenvalue weighted by molar-refractivity contribution is 0.256. The fourth-order valence-electron chi connectivity index (χ4n) is 1.13. The second-order valence-electron chi connectivity index (χ2n) is 2.46. The topological polar surface area (TPSA) is 66.5 Å². The maximum absolute atomic E-state index is 10.8. The number of hydrogen-bond acceptors (Lipinski definition) is 3. The maximum atomic E-state index is 10.8. The molecule has 0 aromatic carbocycles. The monoisotopic (exact) mass is 150 g/mol. The van der Waals surface area contributed by atoms with Gasteiger partial charge in [-0.15, -0.1) is 0 Å². The molecule has 0 saturated heterocycles. The number of carbonyl (C=O) groups is 1. The van der Waals surface area contributed by atoms with Gasteiger partial charge in [0.2, 0.25) is 0 Å². The molecular formula is C6H6N4O. The minimum atomic E-state index is -0.430. The summed E-state index contributed by atoms with van der Waals surface area (Å²) in [5.74, 6) is 0. The predicted octanol–water partition coefficient (Wildman–Crippen LogP) is 0.856. The van der Waals surface area contributed by atoms with Gasteiger partial charge in [-0.05, 0) is 6.92 Å². The summed E-state index contributed by atoms with van der Waals surface area (Å²) < 4.78 is 0. The van der Waals surface area contributed by atoms with Crippen molar-refractivity contribution >= 4 is 17.5 Å². The fraction of sp³-hybridized carbons (Fsp3) is 0.500. The molecule has 0 aromatic heterocycles. The molecule has 2 heterocycles. The molecule has 0 radical (unpaired) electrons. The van der Waals surface area contributed by atoms with E-state index >= 15 is 0 Å². The molecule has 56 valence electrons. The van der Waals surface area contributed by atoms with E-state index in [1.165, 1.54) is 0 Å². The van der Waals surface area contributed by atoms with E-state index in [-0.39, 0.29) is 6.04 Å². The molecule has 5 heteroatoms. The minimum absolute atomic E-state index is 0.146. The zero-order valence-electron chi connectivity index (χ0n) is 5.98. The molecular weight excluding hydrogens is 144 g/mol. The Morgan fingerprint density at radius 3 is 3.09 bits per heavy atom. The SMILES string of the molecule is CC1=NC(=O)N=C2CN=NC12. The molecule has 2 aliphatic heterocycles. The molecule has 0 saturated carbocycles. The number of aliphatic imine (C=N–C) groups is 2. The van der Waals surface area contributed by atoms with Crippen LogP contribution >= 0.6 is 0 Å². The summed E-state index contributed by atoms with van der Waals surface area (Å²) in [5.41, 5.74) is 1.42. The van der Waals surface area contributed by atoms with Gasteiger partial charge in [-0.25, -0.2) is 4.79 Å². The average molecular weight is 150 g/mol. The van der Waals surface area contributed by atoms with Crippen molar-refractivity contribution in [3.05, 3.63) is 0 Å². The van der Waals surface area contributed by atoms with Gasteiger partial charge < -0.3 is 0 Å². The van der Waals surface area contributed by atoms with Crippen molar-refractivity contribution in [2.75, 3.05) is 6.54 Å². The second kappa shape index (κ2) is 2.05. The van der Waals surface area contributed by atoms with E-state index in [4.69, 9.17) is 0 Å². The van der Waals surface area contributed by atoms with Crippen LogP contribution in [0.5, 0.6) is 0 Å². The minimum Gasteiger partial charge on any atom is -0.244 e. The van der Waals surface area contributed by atoms with E-state index < -0.39 is 6.03 Å². The van der Waals surface area contributed by atoms with Gasteiger partial charge in [-0.2, -0.15) is 20.2 Å². The van der Waals surface area contributed by atoms with Crippen LogP contribution in [0.25, 0.3) is 0 Å². The van der Waals surface area contributed by atoms with E-state index in [1.807, 2.05) is 0 Å². The molecule has 11 heavy (non-hydrogen) atoms. The van der Waals surface area contributed by atoms with E-state index in [2.05, 4.69) is 20.2 Å². The summed E-state index contributed by atoms with van der Waals surface area (Å²) in [7, 11) is 0. The zero-order valence-corrected chi connectivity index (χ0v) is 5.98. The van der Waals surface area contributed by atoms with Gasteiger partial charge >= 0.3 is 6.03 Å². The number of urea groups is 1. The van der Waals surface area contributed by atoms with Gasteiger partial charge in [0.25, 0.3) is 0 Å². The van der Waals surface area contributed by atoms with Crippen molar-refractivity contribution in [1.29, 1.82) is 0 Å². The lowest BCUT2D eigenvalue weighted by Crippen LogP contribution is -2.29. The molecule has 2 aliphatic rings. The third kappa shape index (κ3) is 0.886.